The molecule has 120 valence electrons. The van der Waals surface area contributed by atoms with Gasteiger partial charge >= 0.3 is 0 Å². The Bertz CT molecular complexity index is 877. The van der Waals surface area contributed by atoms with Gasteiger partial charge in [0.2, 0.25) is 0 Å². The molecule has 1 heterocycles. The molecule has 2 aromatic carbocycles. The van der Waals surface area contributed by atoms with Crippen molar-refractivity contribution in [2.24, 2.45) is 4.99 Å². The van der Waals surface area contributed by atoms with Gasteiger partial charge in [-0.2, -0.15) is 0 Å². The Labute approximate surface area is 141 Å². The largest absolute Gasteiger partial charge is 0.265 e. The normalized spacial score (nSPS) is 14.9. The van der Waals surface area contributed by atoms with Gasteiger partial charge in [0.15, 0.2) is 0 Å². The molecule has 2 aromatic rings. The zero-order valence-electron chi connectivity index (χ0n) is 13.0. The van der Waals surface area contributed by atoms with Crippen LogP contribution in [0.1, 0.15) is 16.7 Å². The molecular weight excluding hydrogens is 332 g/mol. The van der Waals surface area contributed by atoms with Crippen molar-refractivity contribution in [2.45, 2.75) is 18.7 Å². The van der Waals surface area contributed by atoms with Crippen molar-refractivity contribution < 1.29 is 8.42 Å². The maximum absolute atomic E-state index is 13.1. The van der Waals surface area contributed by atoms with Gasteiger partial charge in [-0.05, 0) is 37.1 Å². The summed E-state index contributed by atoms with van der Waals surface area (Å²) in [4.78, 5) is 4.67. The number of sulfonamides is 1. The van der Waals surface area contributed by atoms with Crippen molar-refractivity contribution in [2.75, 3.05) is 13.1 Å². The number of hydrogen-bond donors (Lipinski definition) is 0. The number of benzene rings is 2. The summed E-state index contributed by atoms with van der Waals surface area (Å²) in [6.07, 6.45) is 0. The van der Waals surface area contributed by atoms with E-state index in [1.165, 1.54) is 4.31 Å². The monoisotopic (exact) mass is 348 g/mol. The average Bonchev–Trinajstić information content (AvgIpc) is 3.02. The van der Waals surface area contributed by atoms with Crippen LogP contribution < -0.4 is 0 Å². The highest BCUT2D eigenvalue weighted by Crippen LogP contribution is 2.28. The van der Waals surface area contributed by atoms with Gasteiger partial charge in [-0.25, -0.2) is 12.7 Å². The first-order valence-corrected chi connectivity index (χ1v) is 9.12. The lowest BCUT2D eigenvalue weighted by molar-refractivity contribution is 0.537. The minimum absolute atomic E-state index is 0.282. The lowest BCUT2D eigenvalue weighted by Gasteiger charge is -2.22. The second-order valence-electron chi connectivity index (χ2n) is 5.52. The quantitative estimate of drug-likeness (QED) is 0.853. The summed E-state index contributed by atoms with van der Waals surface area (Å²) >= 11 is 6.09. The number of hydrogen-bond acceptors (Lipinski definition) is 3. The summed E-state index contributed by atoms with van der Waals surface area (Å²) < 4.78 is 27.6. The van der Waals surface area contributed by atoms with E-state index in [0.717, 1.165) is 11.1 Å². The van der Waals surface area contributed by atoms with E-state index in [4.69, 9.17) is 11.6 Å². The zero-order valence-corrected chi connectivity index (χ0v) is 14.5. The van der Waals surface area contributed by atoms with Gasteiger partial charge < -0.3 is 0 Å². The smallest absolute Gasteiger partial charge is 0.265 e. The number of amidine groups is 1. The van der Waals surface area contributed by atoms with Crippen molar-refractivity contribution in [3.63, 3.8) is 0 Å². The Morgan fingerprint density at radius 2 is 1.78 bits per heavy atom. The first-order chi connectivity index (χ1) is 10.9. The van der Waals surface area contributed by atoms with Crippen LogP contribution >= 0.6 is 11.6 Å². The summed E-state index contributed by atoms with van der Waals surface area (Å²) in [7, 11) is -3.66. The van der Waals surface area contributed by atoms with E-state index >= 15 is 0 Å². The standard InChI is InChI=1S/C17H17ClN2O2S/c1-12-11-16(13(2)10-15(12)18)23(21,22)20-9-8-19-17(20)14-6-4-3-5-7-14/h3-7,10-11H,8-9H2,1-2H3. The van der Waals surface area contributed by atoms with Crippen LogP contribution in [0, 0.1) is 13.8 Å². The molecule has 0 spiro atoms. The van der Waals surface area contributed by atoms with Crippen molar-refractivity contribution in [3.8, 4) is 0 Å². The third-order valence-corrected chi connectivity index (χ3v) is 6.20. The molecule has 0 saturated heterocycles. The molecule has 0 N–H and O–H groups in total. The van der Waals surface area contributed by atoms with Crippen molar-refractivity contribution >= 4 is 27.5 Å². The van der Waals surface area contributed by atoms with Crippen molar-refractivity contribution in [3.05, 3.63) is 64.2 Å². The highest BCUT2D eigenvalue weighted by Gasteiger charge is 2.32. The third-order valence-electron chi connectivity index (χ3n) is 3.86. The van der Waals surface area contributed by atoms with E-state index < -0.39 is 10.0 Å². The van der Waals surface area contributed by atoms with Gasteiger partial charge in [-0.3, -0.25) is 4.99 Å². The molecule has 0 atom stereocenters. The van der Waals surface area contributed by atoms with Crippen LogP contribution in [0.2, 0.25) is 5.02 Å². The van der Waals surface area contributed by atoms with Crippen LogP contribution in [0.25, 0.3) is 0 Å². The van der Waals surface area contributed by atoms with Crippen LogP contribution in [-0.4, -0.2) is 31.6 Å². The molecule has 6 heteroatoms. The molecule has 23 heavy (non-hydrogen) atoms. The topological polar surface area (TPSA) is 49.7 Å². The fourth-order valence-electron chi connectivity index (χ4n) is 2.64. The molecule has 0 aromatic heterocycles. The van der Waals surface area contributed by atoms with Gasteiger partial charge in [-0.15, -0.1) is 0 Å². The first kappa shape index (κ1) is 16.0. The molecule has 1 aliphatic rings. The van der Waals surface area contributed by atoms with E-state index in [1.807, 2.05) is 30.3 Å². The summed E-state index contributed by atoms with van der Waals surface area (Å²) in [6.45, 7) is 4.38. The molecule has 1 aliphatic heterocycles. The molecular formula is C17H17ClN2O2S. The van der Waals surface area contributed by atoms with E-state index in [9.17, 15) is 8.42 Å². The van der Waals surface area contributed by atoms with Crippen LogP contribution in [0.15, 0.2) is 52.4 Å². The maximum Gasteiger partial charge on any atom is 0.265 e. The van der Waals surface area contributed by atoms with Gasteiger partial charge in [0.25, 0.3) is 10.0 Å². The summed E-state index contributed by atoms with van der Waals surface area (Å²) in [5.41, 5.74) is 2.19. The lowest BCUT2D eigenvalue weighted by atomic mass is 10.2. The molecule has 0 bridgehead atoms. The van der Waals surface area contributed by atoms with E-state index in [2.05, 4.69) is 4.99 Å². The molecule has 0 amide bonds. The van der Waals surface area contributed by atoms with Crippen molar-refractivity contribution in [1.29, 1.82) is 0 Å². The van der Waals surface area contributed by atoms with Gasteiger partial charge in [-0.1, -0.05) is 41.9 Å². The van der Waals surface area contributed by atoms with Crippen molar-refractivity contribution in [1.82, 2.24) is 4.31 Å². The van der Waals surface area contributed by atoms with Crippen LogP contribution in [0.4, 0.5) is 0 Å². The second kappa shape index (κ2) is 5.98. The predicted octanol–water partition coefficient (Wildman–Crippen LogP) is 3.41. The average molecular weight is 349 g/mol. The van der Waals surface area contributed by atoms with Gasteiger partial charge in [0.1, 0.15) is 5.84 Å². The number of rotatable bonds is 3. The Kier molecular flexibility index (Phi) is 4.17. The highest BCUT2D eigenvalue weighted by molar-refractivity contribution is 7.89. The number of aliphatic imine (C=N–C) groups is 1. The molecule has 0 aliphatic carbocycles. The fraction of sp³-hybridized carbons (Fsp3) is 0.235. The minimum Gasteiger partial charge on any atom is -0.265 e. The minimum atomic E-state index is -3.66. The number of nitrogens with zero attached hydrogens (tertiary/aromatic N) is 2. The molecule has 0 radical (unpaired) electrons. The van der Waals surface area contributed by atoms with Gasteiger partial charge in [0, 0.05) is 10.6 Å². The predicted molar refractivity (Wildman–Crippen MR) is 92.7 cm³/mol. The molecule has 3 rings (SSSR count). The Morgan fingerprint density at radius 1 is 1.09 bits per heavy atom. The van der Waals surface area contributed by atoms with E-state index in [1.54, 1.807) is 26.0 Å². The van der Waals surface area contributed by atoms with E-state index in [-0.39, 0.29) is 4.90 Å². The summed E-state index contributed by atoms with van der Waals surface area (Å²) in [6, 6.07) is 12.7. The Hall–Kier alpha value is -1.85. The molecule has 0 unspecified atom stereocenters. The molecule has 4 nitrogen and oxygen atoms in total. The van der Waals surface area contributed by atoms with Crippen LogP contribution in [0.5, 0.6) is 0 Å². The SMILES string of the molecule is Cc1cc(S(=O)(=O)N2CCN=C2c2ccccc2)c(C)cc1Cl. The van der Waals surface area contributed by atoms with E-state index in [0.29, 0.717) is 29.5 Å². The molecule has 0 saturated carbocycles. The Balaban J connectivity index is 2.07. The van der Waals surface area contributed by atoms with Crippen LogP contribution in [0.3, 0.4) is 0 Å². The van der Waals surface area contributed by atoms with Crippen LogP contribution in [-0.2, 0) is 10.0 Å². The molecule has 0 fully saturated rings. The summed E-state index contributed by atoms with van der Waals surface area (Å²) in [5.74, 6) is 0.498. The summed E-state index contributed by atoms with van der Waals surface area (Å²) in [5, 5.41) is 0.569. The lowest BCUT2D eigenvalue weighted by Crippen LogP contribution is -2.35. The third kappa shape index (κ3) is 2.86. The zero-order chi connectivity index (χ0) is 16.6. The number of halogens is 1. The Morgan fingerprint density at radius 3 is 2.48 bits per heavy atom. The first-order valence-electron chi connectivity index (χ1n) is 7.30. The number of aryl methyl sites for hydroxylation is 2. The maximum atomic E-state index is 13.1. The second-order valence-corrected chi connectivity index (χ2v) is 7.75. The van der Waals surface area contributed by atoms with Gasteiger partial charge in [0.05, 0.1) is 18.0 Å². The highest BCUT2D eigenvalue weighted by atomic mass is 35.5. The fourth-order valence-corrected chi connectivity index (χ4v) is 4.60.